The van der Waals surface area contributed by atoms with E-state index in [4.69, 9.17) is 5.73 Å². The summed E-state index contributed by atoms with van der Waals surface area (Å²) in [5, 5.41) is 0. The number of hydrogen-bond acceptors (Lipinski definition) is 4. The quantitative estimate of drug-likeness (QED) is 0.720. The second-order valence-electron chi connectivity index (χ2n) is 6.36. The fourth-order valence-electron chi connectivity index (χ4n) is 3.03. The zero-order chi connectivity index (χ0) is 20.6. The number of nitrogens with two attached hydrogens (primary N) is 1. The summed E-state index contributed by atoms with van der Waals surface area (Å²) in [4.78, 5) is 25.3. The highest BCUT2D eigenvalue weighted by molar-refractivity contribution is 9.10. The van der Waals surface area contributed by atoms with Crippen LogP contribution in [0.1, 0.15) is 20.8 Å². The Morgan fingerprint density at radius 2 is 1.79 bits per heavy atom. The van der Waals surface area contributed by atoms with Crippen LogP contribution < -0.4 is 5.73 Å². The van der Waals surface area contributed by atoms with Crippen LogP contribution in [0, 0.1) is 5.82 Å². The number of benzene rings is 1. The molecule has 3 rings (SSSR count). The van der Waals surface area contributed by atoms with Crippen LogP contribution in [0.2, 0.25) is 0 Å². The van der Waals surface area contributed by atoms with Gasteiger partial charge in [0.05, 0.1) is 5.56 Å². The summed E-state index contributed by atoms with van der Waals surface area (Å²) in [6.45, 7) is 0.369. The first-order valence-electron chi connectivity index (χ1n) is 8.32. The number of piperazine rings is 1. The summed E-state index contributed by atoms with van der Waals surface area (Å²) in [5.74, 6) is -1.85. The van der Waals surface area contributed by atoms with E-state index in [9.17, 15) is 22.4 Å². The van der Waals surface area contributed by atoms with Crippen LogP contribution in [0.25, 0.3) is 0 Å². The van der Waals surface area contributed by atoms with Crippen molar-refractivity contribution in [3.05, 3.63) is 52.0 Å². The Hall–Kier alpha value is -2.24. The van der Waals surface area contributed by atoms with Crippen molar-refractivity contribution >= 4 is 37.8 Å². The Bertz CT molecular complexity index is 1050. The van der Waals surface area contributed by atoms with E-state index in [1.165, 1.54) is 51.3 Å². The molecule has 1 fully saturated rings. The third-order valence-electron chi connectivity index (χ3n) is 4.55. The lowest BCUT2D eigenvalue weighted by molar-refractivity contribution is 0.0693. The van der Waals surface area contributed by atoms with E-state index in [0.29, 0.717) is 4.47 Å². The van der Waals surface area contributed by atoms with E-state index < -0.39 is 27.7 Å². The molecule has 0 spiro atoms. The number of sulfonamides is 1. The Morgan fingerprint density at radius 3 is 2.36 bits per heavy atom. The van der Waals surface area contributed by atoms with Crippen LogP contribution in [0.5, 0.6) is 0 Å². The topological polar surface area (TPSA) is 106 Å². The smallest absolute Gasteiger partial charge is 0.265 e. The number of primary amides is 1. The second kappa shape index (κ2) is 7.64. The minimum atomic E-state index is -3.84. The molecule has 8 nitrogen and oxygen atoms in total. The van der Waals surface area contributed by atoms with Crippen molar-refractivity contribution in [2.45, 2.75) is 4.90 Å². The van der Waals surface area contributed by atoms with E-state index >= 15 is 0 Å². The molecule has 1 aliphatic heterocycles. The molecule has 150 valence electrons. The van der Waals surface area contributed by atoms with Gasteiger partial charge in [-0.3, -0.25) is 9.59 Å². The summed E-state index contributed by atoms with van der Waals surface area (Å²) >= 11 is 3.21. The first kappa shape index (κ1) is 20.5. The first-order valence-corrected chi connectivity index (χ1v) is 10.5. The van der Waals surface area contributed by atoms with Crippen LogP contribution in [0.15, 0.2) is 39.8 Å². The largest absolute Gasteiger partial charge is 0.364 e. The molecule has 2 aromatic rings. The van der Waals surface area contributed by atoms with Gasteiger partial charge >= 0.3 is 0 Å². The van der Waals surface area contributed by atoms with Gasteiger partial charge in [-0.25, -0.2) is 12.8 Å². The molecule has 2 amide bonds. The number of aromatic nitrogens is 1. The average molecular weight is 473 g/mol. The van der Waals surface area contributed by atoms with Crippen molar-refractivity contribution in [1.82, 2.24) is 13.8 Å². The number of carbonyl (C=O) groups is 2. The number of aryl methyl sites for hydroxylation is 1. The molecular weight excluding hydrogens is 455 g/mol. The zero-order valence-electron chi connectivity index (χ0n) is 14.9. The summed E-state index contributed by atoms with van der Waals surface area (Å²) in [5.41, 5.74) is 5.24. The lowest BCUT2D eigenvalue weighted by Gasteiger charge is -2.34. The minimum Gasteiger partial charge on any atom is -0.364 e. The highest BCUT2D eigenvalue weighted by Gasteiger charge is 2.32. The molecule has 0 atom stereocenters. The molecule has 2 heterocycles. The standard InChI is InChI=1S/C17H18BrFN4O4S/c1-21-10-12(9-15(21)16(20)24)28(26,27)23-6-4-22(5-7-23)17(25)13-8-11(18)2-3-14(13)19/h2-3,8-10H,4-7H2,1H3,(H2,20,24). The molecule has 28 heavy (non-hydrogen) atoms. The van der Waals surface area contributed by atoms with E-state index in [-0.39, 0.29) is 42.3 Å². The van der Waals surface area contributed by atoms with E-state index in [1.807, 2.05) is 0 Å². The van der Waals surface area contributed by atoms with Gasteiger partial charge < -0.3 is 15.2 Å². The summed E-state index contributed by atoms with van der Waals surface area (Å²) in [7, 11) is -2.31. The van der Waals surface area contributed by atoms with Crippen molar-refractivity contribution < 1.29 is 22.4 Å². The predicted octanol–water partition coefficient (Wildman–Crippen LogP) is 1.17. The fraction of sp³-hybridized carbons (Fsp3) is 0.294. The zero-order valence-corrected chi connectivity index (χ0v) is 17.3. The molecule has 1 aromatic carbocycles. The number of halogens is 2. The second-order valence-corrected chi connectivity index (χ2v) is 9.21. The van der Waals surface area contributed by atoms with E-state index in [0.717, 1.165) is 0 Å². The molecule has 1 aliphatic rings. The maximum Gasteiger partial charge on any atom is 0.265 e. The van der Waals surface area contributed by atoms with Gasteiger partial charge in [-0.1, -0.05) is 15.9 Å². The molecular formula is C17H18BrFN4O4S. The summed E-state index contributed by atoms with van der Waals surface area (Å²) in [6.07, 6.45) is 1.32. The van der Waals surface area contributed by atoms with Gasteiger partial charge in [0.2, 0.25) is 10.0 Å². The summed E-state index contributed by atoms with van der Waals surface area (Å²) in [6, 6.07) is 5.32. The van der Waals surface area contributed by atoms with Gasteiger partial charge in [0.25, 0.3) is 11.8 Å². The fourth-order valence-corrected chi connectivity index (χ4v) is 4.89. The Labute approximate surface area is 169 Å². The van der Waals surface area contributed by atoms with Crippen LogP contribution >= 0.6 is 15.9 Å². The molecule has 0 saturated carbocycles. The number of carbonyl (C=O) groups excluding carboxylic acids is 2. The van der Waals surface area contributed by atoms with Crippen LogP contribution in [-0.2, 0) is 17.1 Å². The average Bonchev–Trinajstić information content (AvgIpc) is 3.06. The normalized spacial score (nSPS) is 15.6. The maximum atomic E-state index is 14.0. The molecule has 0 aliphatic carbocycles. The Kier molecular flexibility index (Phi) is 5.60. The van der Waals surface area contributed by atoms with E-state index in [2.05, 4.69) is 15.9 Å². The number of rotatable bonds is 4. The third-order valence-corrected chi connectivity index (χ3v) is 6.91. The number of hydrogen-bond donors (Lipinski definition) is 1. The molecule has 1 saturated heterocycles. The van der Waals surface area contributed by atoms with Gasteiger partial charge in [0, 0.05) is 43.9 Å². The third kappa shape index (κ3) is 3.82. The van der Waals surface area contributed by atoms with Crippen molar-refractivity contribution in [2.75, 3.05) is 26.2 Å². The van der Waals surface area contributed by atoms with Crippen molar-refractivity contribution in [3.63, 3.8) is 0 Å². The van der Waals surface area contributed by atoms with Crippen molar-refractivity contribution in [1.29, 1.82) is 0 Å². The SMILES string of the molecule is Cn1cc(S(=O)(=O)N2CCN(C(=O)c3cc(Br)ccc3F)CC2)cc1C(N)=O. The van der Waals surface area contributed by atoms with Crippen LogP contribution in [0.3, 0.4) is 0 Å². The van der Waals surface area contributed by atoms with E-state index in [1.54, 1.807) is 0 Å². The molecule has 0 radical (unpaired) electrons. The van der Waals surface area contributed by atoms with Crippen LogP contribution in [-0.4, -0.2) is 60.2 Å². The monoisotopic (exact) mass is 472 g/mol. The number of nitrogens with zero attached hydrogens (tertiary/aromatic N) is 3. The molecule has 0 unspecified atom stereocenters. The first-order chi connectivity index (χ1) is 13.1. The van der Waals surface area contributed by atoms with Gasteiger partial charge in [-0.2, -0.15) is 4.31 Å². The minimum absolute atomic E-state index is 0.0402. The molecule has 11 heteroatoms. The van der Waals surface area contributed by atoms with Gasteiger partial charge in [-0.15, -0.1) is 0 Å². The highest BCUT2D eigenvalue weighted by atomic mass is 79.9. The van der Waals surface area contributed by atoms with Crippen LogP contribution in [0.4, 0.5) is 4.39 Å². The highest BCUT2D eigenvalue weighted by Crippen LogP contribution is 2.22. The molecule has 1 aromatic heterocycles. The molecule has 2 N–H and O–H groups in total. The maximum absolute atomic E-state index is 14.0. The Balaban J connectivity index is 1.74. The lowest BCUT2D eigenvalue weighted by Crippen LogP contribution is -2.50. The number of amides is 2. The lowest BCUT2D eigenvalue weighted by atomic mass is 10.1. The summed E-state index contributed by atoms with van der Waals surface area (Å²) < 4.78 is 42.7. The Morgan fingerprint density at radius 1 is 1.14 bits per heavy atom. The molecule has 0 bridgehead atoms. The van der Waals surface area contributed by atoms with Crippen molar-refractivity contribution in [2.24, 2.45) is 12.8 Å². The van der Waals surface area contributed by atoms with Gasteiger partial charge in [0.15, 0.2) is 0 Å². The van der Waals surface area contributed by atoms with Gasteiger partial charge in [0.1, 0.15) is 16.4 Å². The van der Waals surface area contributed by atoms with Crippen molar-refractivity contribution in [3.8, 4) is 0 Å². The predicted molar refractivity (Wildman–Crippen MR) is 103 cm³/mol. The van der Waals surface area contributed by atoms with Gasteiger partial charge in [-0.05, 0) is 24.3 Å².